The molecule has 1 amide bonds. The van der Waals surface area contributed by atoms with Crippen LogP contribution in [0, 0.1) is 6.92 Å². The Morgan fingerprint density at radius 1 is 1.58 bits per heavy atom. The normalized spacial score (nSPS) is 14.6. The highest BCUT2D eigenvalue weighted by atomic mass is 32.1. The van der Waals surface area contributed by atoms with Crippen molar-refractivity contribution in [1.29, 1.82) is 0 Å². The lowest BCUT2D eigenvalue weighted by Crippen LogP contribution is -2.35. The molecule has 1 saturated carbocycles. The molecule has 106 valence electrons. The largest absolute Gasteiger partial charge is 0.395 e. The number of aliphatic hydroxyl groups excluding tert-OH is 1. The fourth-order valence-corrected chi connectivity index (χ4v) is 2.97. The second kappa shape index (κ2) is 6.34. The molecule has 1 heterocycles. The van der Waals surface area contributed by atoms with Crippen LogP contribution in [-0.4, -0.2) is 39.7 Å². The Balaban J connectivity index is 1.81. The van der Waals surface area contributed by atoms with E-state index in [9.17, 15) is 9.59 Å². The molecule has 0 aliphatic heterocycles. The Hall–Kier alpha value is -1.14. The molecule has 1 aromatic heterocycles. The first-order valence-electron chi connectivity index (χ1n) is 6.68. The Kier molecular flexibility index (Phi) is 4.76. The van der Waals surface area contributed by atoms with Crippen LogP contribution in [0.1, 0.15) is 31.4 Å². The minimum Gasteiger partial charge on any atom is -0.395 e. The third-order valence-corrected chi connectivity index (χ3v) is 4.28. The van der Waals surface area contributed by atoms with Gasteiger partial charge in [0.25, 0.3) is 0 Å². The zero-order valence-electron chi connectivity index (χ0n) is 11.2. The van der Waals surface area contributed by atoms with E-state index in [1.807, 2.05) is 12.3 Å². The molecule has 0 bridgehead atoms. The molecule has 0 atom stereocenters. The second-order valence-corrected chi connectivity index (χ2v) is 5.76. The van der Waals surface area contributed by atoms with Gasteiger partial charge < -0.3 is 14.6 Å². The summed E-state index contributed by atoms with van der Waals surface area (Å²) < 4.78 is 1.71. The predicted molar refractivity (Wildman–Crippen MR) is 74.4 cm³/mol. The summed E-state index contributed by atoms with van der Waals surface area (Å²) in [7, 11) is 0. The van der Waals surface area contributed by atoms with E-state index in [-0.39, 0.29) is 17.4 Å². The quantitative estimate of drug-likeness (QED) is 0.812. The number of nitrogens with zero attached hydrogens (tertiary/aromatic N) is 2. The van der Waals surface area contributed by atoms with Gasteiger partial charge in [0.2, 0.25) is 5.91 Å². The Labute approximate surface area is 116 Å². The maximum absolute atomic E-state index is 12.0. The third-order valence-electron chi connectivity index (χ3n) is 3.40. The van der Waals surface area contributed by atoms with Crippen LogP contribution in [0.2, 0.25) is 0 Å². The van der Waals surface area contributed by atoms with Crippen molar-refractivity contribution in [3.8, 4) is 0 Å². The van der Waals surface area contributed by atoms with Crippen molar-refractivity contribution in [2.45, 2.75) is 45.2 Å². The van der Waals surface area contributed by atoms with Crippen molar-refractivity contribution in [3.63, 3.8) is 0 Å². The van der Waals surface area contributed by atoms with E-state index in [4.69, 9.17) is 5.11 Å². The van der Waals surface area contributed by atoms with Gasteiger partial charge in [-0.15, -0.1) is 0 Å². The molecule has 1 N–H and O–H groups in total. The topological polar surface area (TPSA) is 62.5 Å². The molecule has 2 rings (SSSR count). The van der Waals surface area contributed by atoms with Crippen molar-refractivity contribution in [3.05, 3.63) is 20.7 Å². The highest BCUT2D eigenvalue weighted by Crippen LogP contribution is 2.27. The van der Waals surface area contributed by atoms with Crippen LogP contribution in [0.25, 0.3) is 0 Å². The molecule has 0 unspecified atom stereocenters. The van der Waals surface area contributed by atoms with Crippen molar-refractivity contribution in [2.24, 2.45) is 0 Å². The van der Waals surface area contributed by atoms with Gasteiger partial charge in [0.15, 0.2) is 0 Å². The zero-order chi connectivity index (χ0) is 13.8. The van der Waals surface area contributed by atoms with Crippen LogP contribution < -0.4 is 4.87 Å². The number of carbonyl (C=O) groups is 1. The van der Waals surface area contributed by atoms with Gasteiger partial charge in [-0.3, -0.25) is 9.59 Å². The summed E-state index contributed by atoms with van der Waals surface area (Å²) in [5, 5.41) is 10.8. The highest BCUT2D eigenvalue weighted by Gasteiger charge is 2.31. The van der Waals surface area contributed by atoms with Crippen LogP contribution >= 0.6 is 11.3 Å². The SMILES string of the molecule is Cc1csc(=O)n1CCCC(=O)N(CCO)C1CC1. The minimum absolute atomic E-state index is 0.0192. The average molecular weight is 284 g/mol. The van der Waals surface area contributed by atoms with Gasteiger partial charge in [0.1, 0.15) is 0 Å². The smallest absolute Gasteiger partial charge is 0.307 e. The second-order valence-electron chi connectivity index (χ2n) is 4.94. The lowest BCUT2D eigenvalue weighted by molar-refractivity contribution is -0.132. The predicted octanol–water partition coefficient (Wildman–Crippen LogP) is 0.982. The number of carbonyl (C=O) groups excluding carboxylic acids is 1. The summed E-state index contributed by atoms with van der Waals surface area (Å²) in [5.41, 5.74) is 0.955. The number of hydrogen-bond acceptors (Lipinski definition) is 4. The Morgan fingerprint density at radius 3 is 2.84 bits per heavy atom. The van der Waals surface area contributed by atoms with Crippen molar-refractivity contribution in [1.82, 2.24) is 9.47 Å². The fraction of sp³-hybridized carbons (Fsp3) is 0.692. The Bertz CT molecular complexity index is 490. The van der Waals surface area contributed by atoms with Crippen LogP contribution in [0.3, 0.4) is 0 Å². The Morgan fingerprint density at radius 2 is 2.32 bits per heavy atom. The molecule has 0 radical (unpaired) electrons. The van der Waals surface area contributed by atoms with Gasteiger partial charge in [0.05, 0.1) is 6.61 Å². The molecule has 0 aromatic carbocycles. The van der Waals surface area contributed by atoms with E-state index in [1.165, 1.54) is 11.3 Å². The first-order chi connectivity index (χ1) is 9.13. The third kappa shape index (κ3) is 3.67. The van der Waals surface area contributed by atoms with Gasteiger partial charge in [-0.25, -0.2) is 0 Å². The van der Waals surface area contributed by atoms with Gasteiger partial charge in [-0.1, -0.05) is 11.3 Å². The van der Waals surface area contributed by atoms with E-state index in [0.717, 1.165) is 18.5 Å². The summed E-state index contributed by atoms with van der Waals surface area (Å²) in [6, 6.07) is 0.338. The van der Waals surface area contributed by atoms with Crippen LogP contribution in [-0.2, 0) is 11.3 Å². The standard InChI is InChI=1S/C13H20N2O3S/c1-10-9-19-13(18)14(10)6-2-3-12(17)15(7-8-16)11-4-5-11/h9,11,16H,2-8H2,1H3. The van der Waals surface area contributed by atoms with Crippen LogP contribution in [0.5, 0.6) is 0 Å². The maximum Gasteiger partial charge on any atom is 0.307 e. The number of hydrogen-bond donors (Lipinski definition) is 1. The average Bonchev–Trinajstić information content (AvgIpc) is 3.17. The molecular formula is C13H20N2O3S. The first-order valence-corrected chi connectivity index (χ1v) is 7.56. The van der Waals surface area contributed by atoms with E-state index in [0.29, 0.717) is 32.0 Å². The van der Waals surface area contributed by atoms with Crippen LogP contribution in [0.15, 0.2) is 10.2 Å². The van der Waals surface area contributed by atoms with Crippen molar-refractivity contribution < 1.29 is 9.90 Å². The molecule has 19 heavy (non-hydrogen) atoms. The summed E-state index contributed by atoms with van der Waals surface area (Å²) in [6.07, 6.45) is 3.22. The molecule has 1 aliphatic rings. The van der Waals surface area contributed by atoms with Gasteiger partial charge >= 0.3 is 4.87 Å². The summed E-state index contributed by atoms with van der Waals surface area (Å²) >= 11 is 1.20. The van der Waals surface area contributed by atoms with Crippen LogP contribution in [0.4, 0.5) is 0 Å². The summed E-state index contributed by atoms with van der Waals surface area (Å²) in [5.74, 6) is 0.0949. The fourth-order valence-electron chi connectivity index (χ4n) is 2.21. The van der Waals surface area contributed by atoms with Gasteiger partial charge in [-0.2, -0.15) is 0 Å². The number of thiazole rings is 1. The highest BCUT2D eigenvalue weighted by molar-refractivity contribution is 7.07. The van der Waals surface area contributed by atoms with Crippen molar-refractivity contribution >= 4 is 17.2 Å². The van der Waals surface area contributed by atoms with Gasteiger partial charge in [-0.05, 0) is 26.2 Å². The molecule has 6 heteroatoms. The number of amides is 1. The number of aromatic nitrogens is 1. The molecule has 1 aromatic rings. The number of aryl methyl sites for hydroxylation is 1. The van der Waals surface area contributed by atoms with Crippen molar-refractivity contribution in [2.75, 3.05) is 13.2 Å². The lowest BCUT2D eigenvalue weighted by Gasteiger charge is -2.21. The summed E-state index contributed by atoms with van der Waals surface area (Å²) in [4.78, 5) is 25.4. The van der Waals surface area contributed by atoms with E-state index < -0.39 is 0 Å². The molecular weight excluding hydrogens is 264 g/mol. The van der Waals surface area contributed by atoms with Gasteiger partial charge in [0, 0.05) is 36.6 Å². The maximum atomic E-state index is 12.0. The molecule has 0 spiro atoms. The molecule has 0 saturated heterocycles. The van der Waals surface area contributed by atoms with E-state index >= 15 is 0 Å². The van der Waals surface area contributed by atoms with E-state index in [1.54, 1.807) is 9.47 Å². The molecule has 5 nitrogen and oxygen atoms in total. The minimum atomic E-state index is 0.0192. The number of aliphatic hydroxyl groups is 1. The molecule has 1 fully saturated rings. The lowest BCUT2D eigenvalue weighted by atomic mass is 10.2. The first kappa shape index (κ1) is 14.3. The summed E-state index contributed by atoms with van der Waals surface area (Å²) in [6.45, 7) is 2.95. The number of rotatable bonds is 7. The monoisotopic (exact) mass is 284 g/mol. The van der Waals surface area contributed by atoms with E-state index in [2.05, 4.69) is 0 Å². The zero-order valence-corrected chi connectivity index (χ0v) is 12.0. The molecule has 1 aliphatic carbocycles.